The molecule has 1 aromatic carbocycles. The molecule has 0 aliphatic carbocycles. The van der Waals surface area contributed by atoms with Gasteiger partial charge in [-0.25, -0.2) is 0 Å². The zero-order valence-electron chi connectivity index (χ0n) is 12.2. The molecule has 0 fully saturated rings. The van der Waals surface area contributed by atoms with E-state index in [-0.39, 0.29) is 5.91 Å². The predicted octanol–water partition coefficient (Wildman–Crippen LogP) is 2.02. The Morgan fingerprint density at radius 3 is 2.95 bits per heavy atom. The molecular weight excluding hydrogens is 262 g/mol. The van der Waals surface area contributed by atoms with E-state index in [4.69, 9.17) is 0 Å². The molecule has 0 bridgehead atoms. The molecule has 2 aromatic rings. The largest absolute Gasteiger partial charge is 0.351 e. The van der Waals surface area contributed by atoms with Crippen molar-refractivity contribution in [3.8, 4) is 0 Å². The monoisotopic (exact) mass is 281 g/mol. The molecule has 0 atom stereocenters. The number of nitrogens with one attached hydrogen (secondary N) is 1. The van der Waals surface area contributed by atoms with Crippen LogP contribution in [-0.2, 0) is 24.4 Å². The summed E-state index contributed by atoms with van der Waals surface area (Å²) in [6.07, 6.45) is 3.69. The second kappa shape index (κ2) is 6.06. The number of fused-ring (bicyclic) bond motifs is 1. The minimum absolute atomic E-state index is 0.0669. The fourth-order valence-electron chi connectivity index (χ4n) is 2.68. The fraction of sp³-hybridized carbons (Fsp3) is 0.294. The Hall–Kier alpha value is -2.20. The van der Waals surface area contributed by atoms with Crippen LogP contribution in [0.1, 0.15) is 22.3 Å². The maximum Gasteiger partial charge on any atom is 0.234 e. The van der Waals surface area contributed by atoms with Gasteiger partial charge in [-0.05, 0) is 29.7 Å². The summed E-state index contributed by atoms with van der Waals surface area (Å²) in [5.41, 5.74) is 4.85. The van der Waals surface area contributed by atoms with Crippen molar-refractivity contribution in [2.75, 3.05) is 6.54 Å². The summed E-state index contributed by atoms with van der Waals surface area (Å²) in [5, 5.41) is 2.98. The first-order valence-corrected chi connectivity index (χ1v) is 7.17. The smallest absolute Gasteiger partial charge is 0.234 e. The number of aromatic nitrogens is 1. The van der Waals surface area contributed by atoms with Gasteiger partial charge in [0.05, 0.1) is 6.54 Å². The molecular formula is C17H19N3O. The van der Waals surface area contributed by atoms with Crippen LogP contribution in [0.4, 0.5) is 0 Å². The highest BCUT2D eigenvalue weighted by Gasteiger charge is 2.20. The van der Waals surface area contributed by atoms with Crippen molar-refractivity contribution in [1.29, 1.82) is 0 Å². The number of benzene rings is 1. The van der Waals surface area contributed by atoms with E-state index in [9.17, 15) is 4.79 Å². The second-order valence-electron chi connectivity index (χ2n) is 5.56. The lowest BCUT2D eigenvalue weighted by Crippen LogP contribution is -2.34. The Morgan fingerprint density at radius 2 is 2.14 bits per heavy atom. The van der Waals surface area contributed by atoms with E-state index in [1.54, 1.807) is 6.20 Å². The van der Waals surface area contributed by atoms with Gasteiger partial charge in [-0.2, -0.15) is 0 Å². The van der Waals surface area contributed by atoms with Gasteiger partial charge in [-0.3, -0.25) is 14.7 Å². The van der Waals surface area contributed by atoms with Gasteiger partial charge < -0.3 is 5.32 Å². The van der Waals surface area contributed by atoms with Crippen LogP contribution in [0.5, 0.6) is 0 Å². The van der Waals surface area contributed by atoms with Gasteiger partial charge in [0.25, 0.3) is 0 Å². The molecule has 1 aromatic heterocycles. The normalized spacial score (nSPS) is 14.0. The van der Waals surface area contributed by atoms with Gasteiger partial charge in [0.1, 0.15) is 0 Å². The van der Waals surface area contributed by atoms with Crippen molar-refractivity contribution < 1.29 is 4.79 Å². The highest BCUT2D eigenvalue weighted by Crippen LogP contribution is 2.20. The lowest BCUT2D eigenvalue weighted by molar-refractivity contribution is -0.122. The van der Waals surface area contributed by atoms with Gasteiger partial charge in [-0.1, -0.05) is 29.8 Å². The van der Waals surface area contributed by atoms with E-state index < -0.39 is 0 Å². The van der Waals surface area contributed by atoms with Crippen LogP contribution >= 0.6 is 0 Å². The second-order valence-corrected chi connectivity index (χ2v) is 5.56. The van der Waals surface area contributed by atoms with Crippen molar-refractivity contribution in [2.24, 2.45) is 0 Å². The SMILES string of the molecule is Cc1cccc(CNC(=O)CN2Cc3ccncc3C2)c1. The topological polar surface area (TPSA) is 45.2 Å². The third-order valence-corrected chi connectivity index (χ3v) is 3.73. The van der Waals surface area contributed by atoms with Crippen LogP contribution in [0.15, 0.2) is 42.7 Å². The first-order valence-electron chi connectivity index (χ1n) is 7.17. The third kappa shape index (κ3) is 3.47. The summed E-state index contributed by atoms with van der Waals surface area (Å²) in [7, 11) is 0. The number of hydrogen-bond acceptors (Lipinski definition) is 3. The van der Waals surface area contributed by atoms with E-state index in [1.807, 2.05) is 24.4 Å². The Balaban J connectivity index is 1.50. The van der Waals surface area contributed by atoms with Crippen LogP contribution in [-0.4, -0.2) is 22.3 Å². The molecule has 0 spiro atoms. The van der Waals surface area contributed by atoms with Crippen LogP contribution < -0.4 is 5.32 Å². The lowest BCUT2D eigenvalue weighted by Gasteiger charge is -2.14. The molecule has 1 aliphatic rings. The number of aryl methyl sites for hydroxylation is 1. The highest BCUT2D eigenvalue weighted by molar-refractivity contribution is 5.78. The quantitative estimate of drug-likeness (QED) is 0.932. The summed E-state index contributed by atoms with van der Waals surface area (Å²) >= 11 is 0. The molecule has 1 aliphatic heterocycles. The number of carbonyl (C=O) groups is 1. The minimum Gasteiger partial charge on any atom is -0.351 e. The number of carbonyl (C=O) groups excluding carboxylic acids is 1. The van der Waals surface area contributed by atoms with Gasteiger partial charge in [0, 0.05) is 32.0 Å². The zero-order valence-corrected chi connectivity index (χ0v) is 12.2. The molecule has 0 saturated carbocycles. The van der Waals surface area contributed by atoms with Crippen LogP contribution in [0, 0.1) is 6.92 Å². The van der Waals surface area contributed by atoms with E-state index in [2.05, 4.69) is 34.3 Å². The molecule has 0 radical (unpaired) electrons. The molecule has 1 amide bonds. The van der Waals surface area contributed by atoms with E-state index in [1.165, 1.54) is 16.7 Å². The molecule has 108 valence electrons. The highest BCUT2D eigenvalue weighted by atomic mass is 16.2. The Morgan fingerprint density at radius 1 is 1.29 bits per heavy atom. The van der Waals surface area contributed by atoms with Crippen molar-refractivity contribution in [3.63, 3.8) is 0 Å². The molecule has 0 unspecified atom stereocenters. The number of pyridine rings is 1. The van der Waals surface area contributed by atoms with Gasteiger partial charge in [0.15, 0.2) is 0 Å². The molecule has 3 rings (SSSR count). The Labute approximate surface area is 124 Å². The molecule has 21 heavy (non-hydrogen) atoms. The number of hydrogen-bond donors (Lipinski definition) is 1. The van der Waals surface area contributed by atoms with Crippen molar-refractivity contribution in [3.05, 3.63) is 65.0 Å². The van der Waals surface area contributed by atoms with Crippen molar-refractivity contribution in [2.45, 2.75) is 26.6 Å². The molecule has 4 nitrogen and oxygen atoms in total. The van der Waals surface area contributed by atoms with Crippen LogP contribution in [0.25, 0.3) is 0 Å². The number of amides is 1. The summed E-state index contributed by atoms with van der Waals surface area (Å²) in [6.45, 7) is 4.71. The van der Waals surface area contributed by atoms with Crippen molar-refractivity contribution >= 4 is 5.91 Å². The summed E-state index contributed by atoms with van der Waals surface area (Å²) in [5.74, 6) is 0.0669. The molecule has 2 heterocycles. The summed E-state index contributed by atoms with van der Waals surface area (Å²) < 4.78 is 0. The fourth-order valence-corrected chi connectivity index (χ4v) is 2.68. The van der Waals surface area contributed by atoms with E-state index in [0.717, 1.165) is 18.7 Å². The average Bonchev–Trinajstić information content (AvgIpc) is 2.87. The first kappa shape index (κ1) is 13.8. The van der Waals surface area contributed by atoms with Gasteiger partial charge >= 0.3 is 0 Å². The van der Waals surface area contributed by atoms with E-state index in [0.29, 0.717) is 13.1 Å². The van der Waals surface area contributed by atoms with Gasteiger partial charge in [-0.15, -0.1) is 0 Å². The van der Waals surface area contributed by atoms with Crippen molar-refractivity contribution in [1.82, 2.24) is 15.2 Å². The predicted molar refractivity (Wildman–Crippen MR) is 81.4 cm³/mol. The lowest BCUT2D eigenvalue weighted by atomic mass is 10.1. The Kier molecular flexibility index (Phi) is 3.97. The molecule has 1 N–H and O–H groups in total. The zero-order chi connectivity index (χ0) is 14.7. The standard InChI is InChI=1S/C17H19N3O/c1-13-3-2-4-14(7-13)8-19-17(21)12-20-10-15-5-6-18-9-16(15)11-20/h2-7,9H,8,10-12H2,1H3,(H,19,21). The summed E-state index contributed by atoms with van der Waals surface area (Å²) in [6, 6.07) is 10.2. The minimum atomic E-state index is 0.0669. The average molecular weight is 281 g/mol. The Bertz CT molecular complexity index is 629. The number of rotatable bonds is 4. The maximum atomic E-state index is 12.0. The van der Waals surface area contributed by atoms with E-state index >= 15 is 0 Å². The maximum absolute atomic E-state index is 12.0. The van der Waals surface area contributed by atoms with Gasteiger partial charge in [0.2, 0.25) is 5.91 Å². The van der Waals surface area contributed by atoms with Crippen LogP contribution in [0.2, 0.25) is 0 Å². The van der Waals surface area contributed by atoms with Crippen LogP contribution in [0.3, 0.4) is 0 Å². The molecule has 4 heteroatoms. The summed E-state index contributed by atoms with van der Waals surface area (Å²) in [4.78, 5) is 18.3. The first-order chi connectivity index (χ1) is 10.2. The third-order valence-electron chi connectivity index (χ3n) is 3.73. The number of nitrogens with zero attached hydrogens (tertiary/aromatic N) is 2. The molecule has 0 saturated heterocycles.